The van der Waals surface area contributed by atoms with Crippen molar-refractivity contribution in [3.8, 4) is 0 Å². The number of hydrogen-bond donors (Lipinski definition) is 1. The molecule has 5 atom stereocenters. The summed E-state index contributed by atoms with van der Waals surface area (Å²) in [5.41, 5.74) is -5.20. The second-order valence-electron chi connectivity index (χ2n) is 7.05. The fourth-order valence-electron chi connectivity index (χ4n) is 4.25. The molecule has 28 heavy (non-hydrogen) atoms. The van der Waals surface area contributed by atoms with Crippen molar-refractivity contribution < 1.29 is 60.0 Å². The minimum absolute atomic E-state index is 0.157. The van der Waals surface area contributed by atoms with Crippen LogP contribution in [0.2, 0.25) is 0 Å². The van der Waals surface area contributed by atoms with Gasteiger partial charge in [-0.1, -0.05) is 0 Å². The first-order valence-electron chi connectivity index (χ1n) is 8.16. The zero-order valence-electron chi connectivity index (χ0n) is 13.9. The van der Waals surface area contributed by atoms with Crippen LogP contribution in [-0.2, 0) is 28.6 Å². The molecule has 7 nitrogen and oxygen atoms in total. The van der Waals surface area contributed by atoms with Gasteiger partial charge in [-0.3, -0.25) is 9.59 Å². The van der Waals surface area contributed by atoms with Gasteiger partial charge >= 0.3 is 35.9 Å². The molecule has 3 aliphatic rings. The normalized spacial score (nSPS) is 31.8. The highest BCUT2D eigenvalue weighted by molar-refractivity contribution is 5.77. The molecule has 1 heterocycles. The standard InChI is InChI=1S/C15H14F6O7/c16-14(17,18)13(3-8(22)23,15(19,20)21)28-9(24)4-26-10-5-1-6-7(2-5)12(25)27-11(6)10/h5-7,10-11H,1-4H2,(H,22,23). The summed E-state index contributed by atoms with van der Waals surface area (Å²) in [6.45, 7) is -1.28. The monoisotopic (exact) mass is 420 g/mol. The largest absolute Gasteiger partial charge is 0.481 e. The fraction of sp³-hybridized carbons (Fsp3) is 0.800. The Kier molecular flexibility index (Phi) is 4.79. The van der Waals surface area contributed by atoms with Crippen molar-refractivity contribution in [2.75, 3.05) is 6.61 Å². The molecular weight excluding hydrogens is 406 g/mol. The number of esters is 2. The lowest BCUT2D eigenvalue weighted by atomic mass is 9.88. The Morgan fingerprint density at radius 1 is 1.11 bits per heavy atom. The number of halogens is 6. The Labute approximate surface area is 152 Å². The zero-order valence-corrected chi connectivity index (χ0v) is 13.9. The summed E-state index contributed by atoms with van der Waals surface area (Å²) in [7, 11) is 0. The number of hydrogen-bond acceptors (Lipinski definition) is 6. The van der Waals surface area contributed by atoms with E-state index < -0.39 is 61.1 Å². The van der Waals surface area contributed by atoms with E-state index in [1.54, 1.807) is 0 Å². The zero-order chi connectivity index (χ0) is 21.1. The lowest BCUT2D eigenvalue weighted by molar-refractivity contribution is -0.370. The molecule has 3 fully saturated rings. The van der Waals surface area contributed by atoms with Crippen LogP contribution in [0.5, 0.6) is 0 Å². The van der Waals surface area contributed by atoms with Gasteiger partial charge in [0, 0.05) is 5.92 Å². The van der Waals surface area contributed by atoms with Gasteiger partial charge in [-0.25, -0.2) is 4.79 Å². The Balaban J connectivity index is 1.69. The highest BCUT2D eigenvalue weighted by atomic mass is 19.4. The summed E-state index contributed by atoms with van der Waals surface area (Å²) in [5, 5.41) is 8.49. The molecule has 0 radical (unpaired) electrons. The molecule has 2 bridgehead atoms. The Morgan fingerprint density at radius 3 is 2.25 bits per heavy atom. The van der Waals surface area contributed by atoms with Crippen LogP contribution in [0, 0.1) is 17.8 Å². The maximum Gasteiger partial charge on any atom is 0.438 e. The lowest BCUT2D eigenvalue weighted by Gasteiger charge is -2.35. The highest BCUT2D eigenvalue weighted by Crippen LogP contribution is 2.55. The van der Waals surface area contributed by atoms with Gasteiger partial charge < -0.3 is 19.3 Å². The van der Waals surface area contributed by atoms with Crippen molar-refractivity contribution in [1.29, 1.82) is 0 Å². The molecule has 0 amide bonds. The van der Waals surface area contributed by atoms with Crippen molar-refractivity contribution in [3.63, 3.8) is 0 Å². The van der Waals surface area contributed by atoms with E-state index in [-0.39, 0.29) is 17.8 Å². The number of carboxylic acid groups (broad SMARTS) is 1. The smallest absolute Gasteiger partial charge is 0.438 e. The average molecular weight is 420 g/mol. The molecule has 0 aromatic heterocycles. The molecule has 2 saturated carbocycles. The van der Waals surface area contributed by atoms with Crippen LogP contribution in [0.1, 0.15) is 19.3 Å². The minimum Gasteiger partial charge on any atom is -0.481 e. The van der Waals surface area contributed by atoms with E-state index in [0.29, 0.717) is 12.8 Å². The molecule has 5 unspecified atom stereocenters. The van der Waals surface area contributed by atoms with Gasteiger partial charge in [-0.2, -0.15) is 26.3 Å². The molecule has 0 spiro atoms. The van der Waals surface area contributed by atoms with E-state index in [4.69, 9.17) is 14.6 Å². The van der Waals surface area contributed by atoms with E-state index in [1.807, 2.05) is 0 Å². The number of alkyl halides is 6. The number of fused-ring (bicyclic) bond motifs is 1. The quantitative estimate of drug-likeness (QED) is 0.517. The molecule has 158 valence electrons. The molecule has 13 heteroatoms. The van der Waals surface area contributed by atoms with Crippen LogP contribution in [0.3, 0.4) is 0 Å². The van der Waals surface area contributed by atoms with E-state index in [0.717, 1.165) is 0 Å². The summed E-state index contributed by atoms with van der Waals surface area (Å²) in [6.07, 6.45) is -15.6. The molecular formula is C15H14F6O7. The summed E-state index contributed by atoms with van der Waals surface area (Å²) < 4.78 is 92.2. The third kappa shape index (κ3) is 3.18. The van der Waals surface area contributed by atoms with E-state index in [2.05, 4.69) is 4.74 Å². The fourth-order valence-corrected chi connectivity index (χ4v) is 4.25. The second kappa shape index (κ2) is 6.49. The first-order chi connectivity index (χ1) is 12.8. The number of carbonyl (C=O) groups excluding carboxylic acids is 2. The first kappa shape index (κ1) is 20.7. The van der Waals surface area contributed by atoms with E-state index in [9.17, 15) is 40.7 Å². The van der Waals surface area contributed by atoms with Gasteiger partial charge in [0.2, 0.25) is 0 Å². The number of carboxylic acids is 1. The van der Waals surface area contributed by atoms with E-state index in [1.165, 1.54) is 0 Å². The maximum atomic E-state index is 13.1. The molecule has 3 rings (SSSR count). The number of rotatable bonds is 6. The van der Waals surface area contributed by atoms with Crippen LogP contribution in [0.25, 0.3) is 0 Å². The second-order valence-corrected chi connectivity index (χ2v) is 7.05. The SMILES string of the molecule is O=C(O)CC(OC(=O)COC1C2CC3C(=O)OC1C3C2)(C(F)(F)F)C(F)(F)F. The van der Waals surface area contributed by atoms with Crippen molar-refractivity contribution in [2.24, 2.45) is 17.8 Å². The average Bonchev–Trinajstić information content (AvgIpc) is 3.13. The van der Waals surface area contributed by atoms with Crippen molar-refractivity contribution in [1.82, 2.24) is 0 Å². The van der Waals surface area contributed by atoms with Gasteiger partial charge in [0.1, 0.15) is 19.1 Å². The molecule has 1 aliphatic heterocycles. The molecule has 1 saturated heterocycles. The van der Waals surface area contributed by atoms with Crippen molar-refractivity contribution in [2.45, 2.75) is 49.4 Å². The van der Waals surface area contributed by atoms with Gasteiger partial charge in [-0.15, -0.1) is 0 Å². The molecule has 0 aromatic carbocycles. The lowest BCUT2D eigenvalue weighted by Crippen LogP contribution is -2.61. The molecule has 0 aromatic rings. The van der Waals surface area contributed by atoms with Crippen molar-refractivity contribution in [3.05, 3.63) is 0 Å². The predicted octanol–water partition coefficient (Wildman–Crippen LogP) is 1.83. The highest BCUT2D eigenvalue weighted by Gasteiger charge is 2.75. The molecule has 2 aliphatic carbocycles. The topological polar surface area (TPSA) is 99.1 Å². The third-order valence-corrected chi connectivity index (χ3v) is 5.41. The number of ether oxygens (including phenoxy) is 3. The van der Waals surface area contributed by atoms with E-state index >= 15 is 0 Å². The Bertz CT molecular complexity index is 673. The van der Waals surface area contributed by atoms with Crippen LogP contribution < -0.4 is 0 Å². The predicted molar refractivity (Wildman–Crippen MR) is 72.5 cm³/mol. The molecule has 1 N–H and O–H groups in total. The summed E-state index contributed by atoms with van der Waals surface area (Å²) in [5.74, 6) is -5.61. The van der Waals surface area contributed by atoms with Crippen LogP contribution >= 0.6 is 0 Å². The van der Waals surface area contributed by atoms with Crippen LogP contribution in [0.15, 0.2) is 0 Å². The van der Waals surface area contributed by atoms with Crippen LogP contribution in [0.4, 0.5) is 26.3 Å². The third-order valence-electron chi connectivity index (χ3n) is 5.41. The Morgan fingerprint density at radius 2 is 1.71 bits per heavy atom. The Hall–Kier alpha value is -2.05. The van der Waals surface area contributed by atoms with Gasteiger partial charge in [0.25, 0.3) is 0 Å². The first-order valence-corrected chi connectivity index (χ1v) is 8.16. The van der Waals surface area contributed by atoms with Gasteiger partial charge in [0.15, 0.2) is 0 Å². The summed E-state index contributed by atoms with van der Waals surface area (Å²) in [6, 6.07) is 0. The number of carbonyl (C=O) groups is 3. The van der Waals surface area contributed by atoms with Gasteiger partial charge in [-0.05, 0) is 18.8 Å². The van der Waals surface area contributed by atoms with Crippen molar-refractivity contribution >= 4 is 17.9 Å². The summed E-state index contributed by atoms with van der Waals surface area (Å²) >= 11 is 0. The minimum atomic E-state index is -6.22. The number of aliphatic carboxylic acids is 1. The van der Waals surface area contributed by atoms with Gasteiger partial charge in [0.05, 0.1) is 12.0 Å². The van der Waals surface area contributed by atoms with Crippen LogP contribution in [-0.4, -0.2) is 59.8 Å². The summed E-state index contributed by atoms with van der Waals surface area (Å²) in [4.78, 5) is 33.9. The maximum absolute atomic E-state index is 13.1.